The smallest absolute Gasteiger partial charge is 0.260 e. The maximum absolute atomic E-state index is 12.0. The van der Waals surface area contributed by atoms with Crippen LogP contribution < -0.4 is 10.1 Å². The molecule has 0 aliphatic heterocycles. The molecule has 0 bridgehead atoms. The Morgan fingerprint density at radius 1 is 1.44 bits per heavy atom. The number of carbonyl (C=O) groups is 1. The van der Waals surface area contributed by atoms with Gasteiger partial charge in [0.25, 0.3) is 5.91 Å². The van der Waals surface area contributed by atoms with Crippen molar-refractivity contribution in [2.24, 2.45) is 0 Å². The van der Waals surface area contributed by atoms with Crippen LogP contribution in [0.2, 0.25) is 5.02 Å². The van der Waals surface area contributed by atoms with E-state index in [9.17, 15) is 4.79 Å². The molecule has 1 heterocycles. The zero-order valence-corrected chi connectivity index (χ0v) is 11.7. The number of nitrogens with one attached hydrogen (secondary N) is 1. The van der Waals surface area contributed by atoms with Gasteiger partial charge in [-0.3, -0.25) is 4.79 Å². The zero-order valence-electron chi connectivity index (χ0n) is 9.37. The minimum Gasteiger partial charge on any atom is -0.495 e. The van der Waals surface area contributed by atoms with Crippen LogP contribution in [0.4, 0.5) is 5.69 Å². The van der Waals surface area contributed by atoms with Crippen molar-refractivity contribution in [1.29, 1.82) is 0 Å². The summed E-state index contributed by atoms with van der Waals surface area (Å²) in [6.45, 7) is 0. The van der Waals surface area contributed by atoms with Crippen molar-refractivity contribution >= 4 is 39.1 Å². The van der Waals surface area contributed by atoms with Crippen LogP contribution in [-0.2, 0) is 0 Å². The Balaban J connectivity index is 2.27. The Hall–Kier alpha value is -1.46. The molecular formula is C12H9BrClNO3. The van der Waals surface area contributed by atoms with E-state index in [0.29, 0.717) is 26.7 Å². The van der Waals surface area contributed by atoms with E-state index in [0.717, 1.165) is 0 Å². The molecule has 1 aromatic carbocycles. The van der Waals surface area contributed by atoms with Crippen molar-refractivity contribution in [1.82, 2.24) is 0 Å². The highest BCUT2D eigenvalue weighted by Crippen LogP contribution is 2.28. The Kier molecular flexibility index (Phi) is 3.93. The largest absolute Gasteiger partial charge is 0.495 e. The molecular weight excluding hydrogens is 321 g/mol. The predicted octanol–water partition coefficient (Wildman–Crippen LogP) is 3.96. The number of ether oxygens (including phenoxy) is 1. The number of hydrogen-bond donors (Lipinski definition) is 1. The first kappa shape index (κ1) is 13.0. The molecule has 6 heteroatoms. The van der Waals surface area contributed by atoms with Crippen molar-refractivity contribution in [3.8, 4) is 5.75 Å². The van der Waals surface area contributed by atoms with E-state index in [-0.39, 0.29) is 5.91 Å². The summed E-state index contributed by atoms with van der Waals surface area (Å²) in [7, 11) is 1.52. The van der Waals surface area contributed by atoms with Gasteiger partial charge in [-0.15, -0.1) is 0 Å². The van der Waals surface area contributed by atoms with E-state index in [1.807, 2.05) is 0 Å². The first-order valence-corrected chi connectivity index (χ1v) is 6.17. The monoisotopic (exact) mass is 329 g/mol. The molecule has 0 spiro atoms. The standard InChI is InChI=1S/C12H9BrClNO3/c1-17-10-3-2-7(14)6-9(10)15-12(16)8-4-5-18-11(8)13/h2-6H,1H3,(H,15,16). The number of carbonyl (C=O) groups excluding carboxylic acids is 1. The normalized spacial score (nSPS) is 10.2. The molecule has 1 aromatic heterocycles. The van der Waals surface area contributed by atoms with Gasteiger partial charge in [0, 0.05) is 5.02 Å². The highest BCUT2D eigenvalue weighted by atomic mass is 79.9. The SMILES string of the molecule is COc1ccc(Cl)cc1NC(=O)c1ccoc1Br. The predicted molar refractivity (Wildman–Crippen MR) is 72.4 cm³/mol. The van der Waals surface area contributed by atoms with Gasteiger partial charge >= 0.3 is 0 Å². The van der Waals surface area contributed by atoms with Gasteiger partial charge in [-0.1, -0.05) is 11.6 Å². The third kappa shape index (κ3) is 2.68. The van der Waals surface area contributed by atoms with Gasteiger partial charge in [0.2, 0.25) is 0 Å². The summed E-state index contributed by atoms with van der Waals surface area (Å²) in [6.07, 6.45) is 1.42. The van der Waals surface area contributed by atoms with E-state index >= 15 is 0 Å². The maximum atomic E-state index is 12.0. The second-order valence-corrected chi connectivity index (χ2v) is 4.56. The summed E-state index contributed by atoms with van der Waals surface area (Å²) < 4.78 is 10.5. The Bertz CT molecular complexity index is 582. The summed E-state index contributed by atoms with van der Waals surface area (Å²) in [5.74, 6) is 0.226. The lowest BCUT2D eigenvalue weighted by molar-refractivity contribution is 0.102. The molecule has 18 heavy (non-hydrogen) atoms. The Morgan fingerprint density at radius 2 is 2.22 bits per heavy atom. The Morgan fingerprint density at radius 3 is 2.83 bits per heavy atom. The molecule has 1 amide bonds. The van der Waals surface area contributed by atoms with Crippen molar-refractivity contribution < 1.29 is 13.9 Å². The van der Waals surface area contributed by atoms with E-state index in [4.69, 9.17) is 20.8 Å². The lowest BCUT2D eigenvalue weighted by Crippen LogP contribution is -2.12. The minimum absolute atomic E-state index is 0.309. The number of anilines is 1. The number of amides is 1. The van der Waals surface area contributed by atoms with Crippen molar-refractivity contribution in [3.05, 3.63) is 45.8 Å². The quantitative estimate of drug-likeness (QED) is 0.927. The van der Waals surface area contributed by atoms with Crippen LogP contribution in [0.1, 0.15) is 10.4 Å². The molecule has 0 atom stereocenters. The van der Waals surface area contributed by atoms with Gasteiger partial charge < -0.3 is 14.5 Å². The number of hydrogen-bond acceptors (Lipinski definition) is 3. The Labute approximate surface area is 117 Å². The topological polar surface area (TPSA) is 51.5 Å². The summed E-state index contributed by atoms with van der Waals surface area (Å²) in [6, 6.07) is 6.55. The van der Waals surface area contributed by atoms with E-state index in [2.05, 4.69) is 21.2 Å². The molecule has 4 nitrogen and oxygen atoms in total. The molecule has 0 aliphatic rings. The summed E-state index contributed by atoms with van der Waals surface area (Å²) in [5, 5.41) is 3.22. The van der Waals surface area contributed by atoms with Crippen LogP contribution in [-0.4, -0.2) is 13.0 Å². The van der Waals surface area contributed by atoms with Gasteiger partial charge in [0.15, 0.2) is 4.67 Å². The van der Waals surface area contributed by atoms with Gasteiger partial charge in [0.1, 0.15) is 5.75 Å². The first-order chi connectivity index (χ1) is 8.61. The second-order valence-electron chi connectivity index (χ2n) is 3.41. The van der Waals surface area contributed by atoms with E-state index < -0.39 is 0 Å². The van der Waals surface area contributed by atoms with Gasteiger partial charge in [-0.25, -0.2) is 0 Å². The molecule has 2 rings (SSSR count). The number of rotatable bonds is 3. The van der Waals surface area contributed by atoms with Crippen LogP contribution in [0.15, 0.2) is 39.6 Å². The molecule has 0 saturated heterocycles. The number of halogens is 2. The van der Waals surface area contributed by atoms with Crippen molar-refractivity contribution in [2.75, 3.05) is 12.4 Å². The number of benzene rings is 1. The summed E-state index contributed by atoms with van der Waals surface area (Å²) >= 11 is 9.02. The third-order valence-electron chi connectivity index (χ3n) is 2.27. The van der Waals surface area contributed by atoms with Crippen LogP contribution in [0.5, 0.6) is 5.75 Å². The van der Waals surface area contributed by atoms with Crippen LogP contribution in [0, 0.1) is 0 Å². The van der Waals surface area contributed by atoms with E-state index in [1.54, 1.807) is 24.3 Å². The molecule has 0 fully saturated rings. The fraction of sp³-hybridized carbons (Fsp3) is 0.0833. The van der Waals surface area contributed by atoms with Crippen molar-refractivity contribution in [3.63, 3.8) is 0 Å². The summed E-state index contributed by atoms with van der Waals surface area (Å²) in [5.41, 5.74) is 0.903. The fourth-order valence-electron chi connectivity index (χ4n) is 1.42. The van der Waals surface area contributed by atoms with Crippen LogP contribution >= 0.6 is 27.5 Å². The molecule has 1 N–H and O–H groups in total. The molecule has 0 saturated carbocycles. The average Bonchev–Trinajstić information content (AvgIpc) is 2.76. The van der Waals surface area contributed by atoms with Gasteiger partial charge in [-0.2, -0.15) is 0 Å². The molecule has 0 unspecified atom stereocenters. The zero-order chi connectivity index (χ0) is 13.1. The highest BCUT2D eigenvalue weighted by Gasteiger charge is 2.14. The maximum Gasteiger partial charge on any atom is 0.260 e. The molecule has 0 aliphatic carbocycles. The highest BCUT2D eigenvalue weighted by molar-refractivity contribution is 9.10. The summed E-state index contributed by atoms with van der Waals surface area (Å²) in [4.78, 5) is 12.0. The lowest BCUT2D eigenvalue weighted by Gasteiger charge is -2.09. The van der Waals surface area contributed by atoms with Crippen molar-refractivity contribution in [2.45, 2.75) is 0 Å². The minimum atomic E-state index is -0.309. The fourth-order valence-corrected chi connectivity index (χ4v) is 2.02. The molecule has 94 valence electrons. The van der Waals surface area contributed by atoms with Crippen LogP contribution in [0.25, 0.3) is 0 Å². The molecule has 2 aromatic rings. The number of methoxy groups -OCH3 is 1. The lowest BCUT2D eigenvalue weighted by atomic mass is 10.2. The van der Waals surface area contributed by atoms with Gasteiger partial charge in [0.05, 0.1) is 24.6 Å². The number of furan rings is 1. The average molecular weight is 331 g/mol. The van der Waals surface area contributed by atoms with E-state index in [1.165, 1.54) is 13.4 Å². The second kappa shape index (κ2) is 5.46. The first-order valence-electron chi connectivity index (χ1n) is 4.99. The third-order valence-corrected chi connectivity index (χ3v) is 3.12. The van der Waals surface area contributed by atoms with Gasteiger partial charge in [-0.05, 0) is 40.2 Å². The van der Waals surface area contributed by atoms with Crippen LogP contribution in [0.3, 0.4) is 0 Å². The molecule has 0 radical (unpaired) electrons.